The molecule has 0 aliphatic carbocycles. The van der Waals surface area contributed by atoms with Crippen LogP contribution in [-0.2, 0) is 0 Å². The summed E-state index contributed by atoms with van der Waals surface area (Å²) in [5, 5.41) is 10.7. The SMILES string of the molecule is O=C(c1[nH]nc(-c2ccccc2)c1Br)N1C2CCNCC1CC2. The first-order valence-electron chi connectivity index (χ1n) is 8.08. The highest BCUT2D eigenvalue weighted by atomic mass is 79.9. The van der Waals surface area contributed by atoms with E-state index in [0.29, 0.717) is 17.8 Å². The van der Waals surface area contributed by atoms with Gasteiger partial charge in [-0.05, 0) is 41.7 Å². The van der Waals surface area contributed by atoms with E-state index >= 15 is 0 Å². The van der Waals surface area contributed by atoms with Crippen LogP contribution in [0.2, 0.25) is 0 Å². The van der Waals surface area contributed by atoms with Gasteiger partial charge in [-0.25, -0.2) is 0 Å². The van der Waals surface area contributed by atoms with Gasteiger partial charge in [-0.3, -0.25) is 9.89 Å². The van der Waals surface area contributed by atoms with Crippen LogP contribution in [0.25, 0.3) is 11.3 Å². The fraction of sp³-hybridized carbons (Fsp3) is 0.412. The summed E-state index contributed by atoms with van der Waals surface area (Å²) >= 11 is 3.58. The van der Waals surface area contributed by atoms with Gasteiger partial charge in [0.1, 0.15) is 11.4 Å². The second kappa shape index (κ2) is 6.09. The average Bonchev–Trinajstić information content (AvgIpc) is 3.06. The molecule has 120 valence electrons. The number of amides is 1. The molecule has 23 heavy (non-hydrogen) atoms. The van der Waals surface area contributed by atoms with Gasteiger partial charge >= 0.3 is 0 Å². The normalized spacial score (nSPS) is 23.8. The van der Waals surface area contributed by atoms with Crippen LogP contribution in [0.1, 0.15) is 29.8 Å². The van der Waals surface area contributed by atoms with E-state index in [-0.39, 0.29) is 5.91 Å². The summed E-state index contributed by atoms with van der Waals surface area (Å²) in [7, 11) is 0. The van der Waals surface area contributed by atoms with Crippen LogP contribution >= 0.6 is 15.9 Å². The van der Waals surface area contributed by atoms with E-state index in [0.717, 1.165) is 48.1 Å². The third kappa shape index (κ3) is 2.60. The van der Waals surface area contributed by atoms with Crippen molar-refractivity contribution in [2.75, 3.05) is 13.1 Å². The van der Waals surface area contributed by atoms with E-state index in [9.17, 15) is 4.79 Å². The van der Waals surface area contributed by atoms with Gasteiger partial charge in [0.2, 0.25) is 0 Å². The van der Waals surface area contributed by atoms with Crippen LogP contribution in [0.15, 0.2) is 34.8 Å². The number of H-pyrrole nitrogens is 1. The van der Waals surface area contributed by atoms with Crippen molar-refractivity contribution in [2.24, 2.45) is 0 Å². The van der Waals surface area contributed by atoms with Crippen molar-refractivity contribution in [1.29, 1.82) is 0 Å². The topological polar surface area (TPSA) is 61.0 Å². The lowest BCUT2D eigenvalue weighted by Crippen LogP contribution is -2.42. The zero-order valence-electron chi connectivity index (χ0n) is 12.8. The molecular formula is C17H19BrN4O. The standard InChI is InChI=1S/C17H19BrN4O/c18-14-15(11-4-2-1-3-5-11)20-21-16(14)17(23)22-12-6-7-13(22)10-19-9-8-12/h1-5,12-13,19H,6-10H2,(H,20,21). The molecule has 0 radical (unpaired) electrons. The first kappa shape index (κ1) is 14.9. The number of carbonyl (C=O) groups excluding carboxylic acids is 1. The molecule has 2 aromatic rings. The highest BCUT2D eigenvalue weighted by Crippen LogP contribution is 2.33. The number of hydrogen-bond acceptors (Lipinski definition) is 3. The molecule has 2 aliphatic heterocycles. The van der Waals surface area contributed by atoms with Crippen molar-refractivity contribution >= 4 is 21.8 Å². The molecule has 0 spiro atoms. The van der Waals surface area contributed by atoms with Crippen LogP contribution in [0.4, 0.5) is 0 Å². The predicted molar refractivity (Wildman–Crippen MR) is 92.2 cm³/mol. The molecule has 2 saturated heterocycles. The number of benzene rings is 1. The van der Waals surface area contributed by atoms with Gasteiger partial charge < -0.3 is 10.2 Å². The monoisotopic (exact) mass is 374 g/mol. The minimum absolute atomic E-state index is 0.0581. The summed E-state index contributed by atoms with van der Waals surface area (Å²) < 4.78 is 0.755. The van der Waals surface area contributed by atoms with E-state index in [1.807, 2.05) is 30.3 Å². The quantitative estimate of drug-likeness (QED) is 0.849. The maximum Gasteiger partial charge on any atom is 0.273 e. The molecule has 2 atom stereocenters. The summed E-state index contributed by atoms with van der Waals surface area (Å²) in [6.45, 7) is 1.88. The van der Waals surface area contributed by atoms with Crippen molar-refractivity contribution in [1.82, 2.24) is 20.4 Å². The van der Waals surface area contributed by atoms with Gasteiger partial charge in [0.15, 0.2) is 0 Å². The number of rotatable bonds is 2. The van der Waals surface area contributed by atoms with E-state index in [1.54, 1.807) is 0 Å². The zero-order chi connectivity index (χ0) is 15.8. The smallest absolute Gasteiger partial charge is 0.273 e. The summed E-state index contributed by atoms with van der Waals surface area (Å²) in [4.78, 5) is 15.1. The Kier molecular flexibility index (Phi) is 3.95. The molecule has 1 amide bonds. The van der Waals surface area contributed by atoms with E-state index in [4.69, 9.17) is 0 Å². The van der Waals surface area contributed by atoms with Crippen LogP contribution in [-0.4, -0.2) is 46.2 Å². The molecule has 1 aromatic heterocycles. The van der Waals surface area contributed by atoms with Crippen LogP contribution in [0.3, 0.4) is 0 Å². The largest absolute Gasteiger partial charge is 0.330 e. The fourth-order valence-electron chi connectivity index (χ4n) is 3.70. The van der Waals surface area contributed by atoms with E-state index < -0.39 is 0 Å². The summed E-state index contributed by atoms with van der Waals surface area (Å²) in [6, 6.07) is 10.5. The van der Waals surface area contributed by atoms with Gasteiger partial charge in [0.25, 0.3) is 5.91 Å². The first-order chi connectivity index (χ1) is 11.3. The Bertz CT molecular complexity index is 701. The van der Waals surface area contributed by atoms with Crippen LogP contribution < -0.4 is 5.32 Å². The van der Waals surface area contributed by atoms with Crippen LogP contribution in [0.5, 0.6) is 0 Å². The van der Waals surface area contributed by atoms with Crippen molar-refractivity contribution < 1.29 is 4.79 Å². The summed E-state index contributed by atoms with van der Waals surface area (Å²) in [5.41, 5.74) is 2.34. The number of halogens is 1. The zero-order valence-corrected chi connectivity index (χ0v) is 14.3. The number of nitrogens with one attached hydrogen (secondary N) is 2. The molecule has 2 unspecified atom stereocenters. The molecule has 2 fully saturated rings. The molecule has 0 saturated carbocycles. The van der Waals surface area contributed by atoms with Crippen molar-refractivity contribution in [3.05, 3.63) is 40.5 Å². The average molecular weight is 375 g/mol. The third-order valence-electron chi connectivity index (χ3n) is 4.86. The fourth-order valence-corrected chi connectivity index (χ4v) is 4.28. The summed E-state index contributed by atoms with van der Waals surface area (Å²) in [6.07, 6.45) is 3.22. The van der Waals surface area contributed by atoms with Crippen LogP contribution in [0, 0.1) is 0 Å². The molecule has 1 aromatic carbocycles. The highest BCUT2D eigenvalue weighted by Gasteiger charge is 2.39. The van der Waals surface area contributed by atoms with Gasteiger partial charge in [0, 0.05) is 24.2 Å². The second-order valence-electron chi connectivity index (χ2n) is 6.22. The predicted octanol–water partition coefficient (Wildman–Crippen LogP) is 2.81. The molecule has 5 nitrogen and oxygen atoms in total. The van der Waals surface area contributed by atoms with Gasteiger partial charge in [-0.1, -0.05) is 30.3 Å². The Morgan fingerprint density at radius 1 is 1.17 bits per heavy atom. The second-order valence-corrected chi connectivity index (χ2v) is 7.01. The number of aromatic nitrogens is 2. The highest BCUT2D eigenvalue weighted by molar-refractivity contribution is 9.10. The van der Waals surface area contributed by atoms with E-state index in [2.05, 4.69) is 36.3 Å². The van der Waals surface area contributed by atoms with Gasteiger partial charge in [-0.15, -0.1) is 0 Å². The number of hydrogen-bond donors (Lipinski definition) is 2. The van der Waals surface area contributed by atoms with Crippen molar-refractivity contribution in [2.45, 2.75) is 31.3 Å². The molecule has 6 heteroatoms. The van der Waals surface area contributed by atoms with Gasteiger partial charge in [0.05, 0.1) is 4.47 Å². The lowest BCUT2D eigenvalue weighted by atomic mass is 10.1. The Labute approximate surface area is 143 Å². The number of nitrogens with zero attached hydrogens (tertiary/aromatic N) is 2. The summed E-state index contributed by atoms with van der Waals surface area (Å²) in [5.74, 6) is 0.0581. The molecular weight excluding hydrogens is 356 g/mol. The maximum absolute atomic E-state index is 13.1. The minimum atomic E-state index is 0.0581. The first-order valence-corrected chi connectivity index (χ1v) is 8.87. The molecule has 4 rings (SSSR count). The van der Waals surface area contributed by atoms with E-state index in [1.165, 1.54) is 0 Å². The lowest BCUT2D eigenvalue weighted by Gasteiger charge is -2.27. The number of fused-ring (bicyclic) bond motifs is 2. The molecule has 2 N–H and O–H groups in total. The number of carbonyl (C=O) groups is 1. The molecule has 3 heterocycles. The molecule has 2 bridgehead atoms. The Morgan fingerprint density at radius 2 is 1.96 bits per heavy atom. The Morgan fingerprint density at radius 3 is 2.78 bits per heavy atom. The van der Waals surface area contributed by atoms with Crippen molar-refractivity contribution in [3.63, 3.8) is 0 Å². The van der Waals surface area contributed by atoms with Crippen molar-refractivity contribution in [3.8, 4) is 11.3 Å². The minimum Gasteiger partial charge on any atom is -0.330 e. The maximum atomic E-state index is 13.1. The number of aromatic amines is 1. The van der Waals surface area contributed by atoms with Gasteiger partial charge in [-0.2, -0.15) is 5.10 Å². The lowest BCUT2D eigenvalue weighted by molar-refractivity contribution is 0.0673. The third-order valence-corrected chi connectivity index (χ3v) is 5.63. The molecule has 2 aliphatic rings. The Balaban J connectivity index is 1.66. The Hall–Kier alpha value is -1.66.